The first-order valence-electron chi connectivity index (χ1n) is 10.8. The van der Waals surface area contributed by atoms with Crippen LogP contribution in [0.2, 0.25) is 0 Å². The average molecular weight is 493 g/mol. The first kappa shape index (κ1) is 23.2. The molecule has 0 fully saturated rings. The smallest absolute Gasteiger partial charge is 0.492 e. The minimum absolute atomic E-state index is 0.0602. The molecule has 182 valence electrons. The zero-order chi connectivity index (χ0) is 25.3. The van der Waals surface area contributed by atoms with Gasteiger partial charge in [-0.2, -0.15) is 0 Å². The maximum Gasteiger partial charge on any atom is 0.573 e. The summed E-state index contributed by atoms with van der Waals surface area (Å²) in [4.78, 5) is 20.9. The quantitative estimate of drug-likeness (QED) is 0.303. The molecule has 0 amide bonds. The van der Waals surface area contributed by atoms with E-state index >= 15 is 0 Å². The van der Waals surface area contributed by atoms with E-state index in [-0.39, 0.29) is 24.6 Å². The average Bonchev–Trinajstić information content (AvgIpc) is 3.23. The normalized spacial score (nSPS) is 11.6. The Balaban J connectivity index is 1.44. The van der Waals surface area contributed by atoms with Crippen molar-refractivity contribution >= 4 is 27.6 Å². The molecule has 10 heteroatoms. The fraction of sp³-hybridized carbons (Fsp3) is 0.115. The van der Waals surface area contributed by atoms with Gasteiger partial charge in [-0.1, -0.05) is 24.3 Å². The summed E-state index contributed by atoms with van der Waals surface area (Å²) in [7, 11) is 0. The van der Waals surface area contributed by atoms with Crippen molar-refractivity contribution in [3.63, 3.8) is 0 Å². The van der Waals surface area contributed by atoms with E-state index in [1.54, 1.807) is 35.3 Å². The summed E-state index contributed by atoms with van der Waals surface area (Å²) in [5.74, 6) is -1.15. The van der Waals surface area contributed by atoms with E-state index in [0.29, 0.717) is 22.3 Å². The highest BCUT2D eigenvalue weighted by Gasteiger charge is 2.31. The number of carboxylic acids is 1. The van der Waals surface area contributed by atoms with Gasteiger partial charge in [-0.05, 0) is 41.8 Å². The van der Waals surface area contributed by atoms with Gasteiger partial charge in [0.1, 0.15) is 23.8 Å². The summed E-state index contributed by atoms with van der Waals surface area (Å²) >= 11 is 0. The first-order chi connectivity index (χ1) is 17.3. The molecule has 0 bridgehead atoms. The van der Waals surface area contributed by atoms with Crippen LogP contribution in [0.1, 0.15) is 10.5 Å². The lowest BCUT2D eigenvalue weighted by molar-refractivity contribution is -0.274. The number of alkyl halides is 3. The molecule has 3 heterocycles. The number of rotatable bonds is 7. The Morgan fingerprint density at radius 1 is 0.972 bits per heavy atom. The van der Waals surface area contributed by atoms with Gasteiger partial charge in [0.05, 0.1) is 17.8 Å². The Labute approximate surface area is 202 Å². The zero-order valence-corrected chi connectivity index (χ0v) is 18.6. The highest BCUT2D eigenvalue weighted by Crippen LogP contribution is 2.33. The number of carbonyl (C=O) groups is 1. The summed E-state index contributed by atoms with van der Waals surface area (Å²) in [6.07, 6.45) is 0.297. The number of fused-ring (bicyclic) bond motifs is 2. The lowest BCUT2D eigenvalue weighted by Gasteiger charge is -2.12. The van der Waals surface area contributed by atoms with Gasteiger partial charge in [0.2, 0.25) is 0 Å². The monoisotopic (exact) mass is 493 g/mol. The minimum Gasteiger partial charge on any atom is -0.492 e. The predicted molar refractivity (Wildman–Crippen MR) is 126 cm³/mol. The van der Waals surface area contributed by atoms with Gasteiger partial charge in [0.15, 0.2) is 0 Å². The van der Waals surface area contributed by atoms with Crippen molar-refractivity contribution in [3.8, 4) is 22.8 Å². The van der Waals surface area contributed by atoms with Gasteiger partial charge in [0, 0.05) is 34.9 Å². The fourth-order valence-corrected chi connectivity index (χ4v) is 4.12. The second-order valence-electron chi connectivity index (χ2n) is 7.85. The Bertz CT molecular complexity index is 1560. The molecule has 0 saturated carbocycles. The molecule has 0 spiro atoms. The molecule has 0 unspecified atom stereocenters. The number of carboxylic acid groups (broad SMARTS) is 1. The van der Waals surface area contributed by atoms with E-state index in [9.17, 15) is 23.1 Å². The molecule has 1 N–H and O–H groups in total. The van der Waals surface area contributed by atoms with Crippen LogP contribution in [-0.4, -0.2) is 38.6 Å². The van der Waals surface area contributed by atoms with Crippen LogP contribution in [0.4, 0.5) is 13.2 Å². The van der Waals surface area contributed by atoms with E-state index in [1.807, 2.05) is 24.3 Å². The molecule has 3 aromatic heterocycles. The van der Waals surface area contributed by atoms with Crippen LogP contribution in [0, 0.1) is 0 Å². The molecule has 36 heavy (non-hydrogen) atoms. The van der Waals surface area contributed by atoms with Gasteiger partial charge in [-0.15, -0.1) is 13.2 Å². The number of aromatic nitrogens is 3. The van der Waals surface area contributed by atoms with Gasteiger partial charge < -0.3 is 19.1 Å². The highest BCUT2D eigenvalue weighted by molar-refractivity contribution is 6.05. The van der Waals surface area contributed by atoms with E-state index in [1.165, 1.54) is 12.1 Å². The van der Waals surface area contributed by atoms with Crippen molar-refractivity contribution in [1.82, 2.24) is 14.5 Å². The third kappa shape index (κ3) is 4.65. The van der Waals surface area contributed by atoms with Gasteiger partial charge in [-0.25, -0.2) is 4.79 Å². The molecular weight excluding hydrogens is 475 g/mol. The standard InChI is InChI=1S/C26H18F3N3O4/c27-26(28,29)36-18-7-5-17(6-8-18)35-12-11-32-22-9-10-31-24(20(22)13-23(32)25(33)34)21-15-30-14-16-3-1-2-4-19(16)21/h1-10,13-15H,11-12H2,(H,33,34). The summed E-state index contributed by atoms with van der Waals surface area (Å²) in [6.45, 7) is 0.264. The van der Waals surface area contributed by atoms with Crippen LogP contribution in [-0.2, 0) is 6.54 Å². The summed E-state index contributed by atoms with van der Waals surface area (Å²) in [6, 6.07) is 16.0. The summed E-state index contributed by atoms with van der Waals surface area (Å²) < 4.78 is 48.1. The molecule has 0 atom stereocenters. The van der Waals surface area contributed by atoms with Crippen LogP contribution >= 0.6 is 0 Å². The second-order valence-corrected chi connectivity index (χ2v) is 7.85. The van der Waals surface area contributed by atoms with E-state index in [2.05, 4.69) is 14.7 Å². The number of hydrogen-bond acceptors (Lipinski definition) is 5. The van der Waals surface area contributed by atoms with Crippen LogP contribution in [0.25, 0.3) is 32.9 Å². The number of pyridine rings is 2. The Kier molecular flexibility index (Phi) is 5.93. The maximum atomic E-state index is 12.3. The molecular formula is C26H18F3N3O4. The third-order valence-electron chi connectivity index (χ3n) is 5.61. The number of aromatic carboxylic acids is 1. The Morgan fingerprint density at radius 2 is 1.72 bits per heavy atom. The van der Waals surface area contributed by atoms with E-state index < -0.39 is 12.3 Å². The lowest BCUT2D eigenvalue weighted by Crippen LogP contribution is -2.17. The van der Waals surface area contributed by atoms with Crippen LogP contribution in [0.5, 0.6) is 11.5 Å². The number of nitrogens with zero attached hydrogens (tertiary/aromatic N) is 3. The molecule has 7 nitrogen and oxygen atoms in total. The zero-order valence-electron chi connectivity index (χ0n) is 18.6. The van der Waals surface area contributed by atoms with Crippen LogP contribution < -0.4 is 9.47 Å². The van der Waals surface area contributed by atoms with Crippen molar-refractivity contribution in [2.45, 2.75) is 12.9 Å². The molecule has 0 aliphatic rings. The Hall–Kier alpha value is -4.60. The molecule has 0 saturated heterocycles. The Morgan fingerprint density at radius 3 is 2.47 bits per heavy atom. The molecule has 2 aromatic carbocycles. The molecule has 5 aromatic rings. The van der Waals surface area contributed by atoms with Gasteiger partial charge in [-0.3, -0.25) is 9.97 Å². The number of hydrogen-bond donors (Lipinski definition) is 1. The maximum absolute atomic E-state index is 12.3. The van der Waals surface area contributed by atoms with E-state index in [0.717, 1.165) is 28.5 Å². The summed E-state index contributed by atoms with van der Waals surface area (Å²) in [5.41, 5.74) is 2.11. The first-order valence-corrected chi connectivity index (χ1v) is 10.8. The van der Waals surface area contributed by atoms with Crippen molar-refractivity contribution in [3.05, 3.63) is 84.9 Å². The third-order valence-corrected chi connectivity index (χ3v) is 5.61. The topological polar surface area (TPSA) is 86.5 Å². The molecule has 0 aliphatic heterocycles. The lowest BCUT2D eigenvalue weighted by atomic mass is 10.0. The van der Waals surface area contributed by atoms with Crippen LogP contribution in [0.15, 0.2) is 79.3 Å². The minimum atomic E-state index is -4.78. The molecule has 0 radical (unpaired) electrons. The number of ether oxygens (including phenoxy) is 2. The molecule has 0 aliphatic carbocycles. The highest BCUT2D eigenvalue weighted by atomic mass is 19.4. The number of benzene rings is 2. The fourth-order valence-electron chi connectivity index (χ4n) is 4.12. The van der Waals surface area contributed by atoms with Crippen molar-refractivity contribution < 1.29 is 32.5 Å². The van der Waals surface area contributed by atoms with Crippen molar-refractivity contribution in [2.24, 2.45) is 0 Å². The predicted octanol–water partition coefficient (Wildman–Crippen LogP) is 5.93. The molecule has 5 rings (SSSR count). The van der Waals surface area contributed by atoms with Crippen molar-refractivity contribution in [2.75, 3.05) is 6.61 Å². The number of halogens is 3. The summed E-state index contributed by atoms with van der Waals surface area (Å²) in [5, 5.41) is 12.4. The second kappa shape index (κ2) is 9.21. The van der Waals surface area contributed by atoms with Crippen molar-refractivity contribution in [1.29, 1.82) is 0 Å². The largest absolute Gasteiger partial charge is 0.573 e. The van der Waals surface area contributed by atoms with Gasteiger partial charge in [0.25, 0.3) is 0 Å². The SMILES string of the molecule is O=C(O)c1cc2c(-c3cncc4ccccc34)nccc2n1CCOc1ccc(OC(F)(F)F)cc1. The van der Waals surface area contributed by atoms with Crippen LogP contribution in [0.3, 0.4) is 0 Å². The van der Waals surface area contributed by atoms with E-state index in [4.69, 9.17) is 4.74 Å². The van der Waals surface area contributed by atoms with Gasteiger partial charge >= 0.3 is 12.3 Å².